The zero-order valence-corrected chi connectivity index (χ0v) is 43.3. The van der Waals surface area contributed by atoms with Gasteiger partial charge in [0.15, 0.2) is 9.84 Å². The van der Waals surface area contributed by atoms with E-state index in [-0.39, 0.29) is 34.9 Å². The Bertz CT molecular complexity index is 2310. The molecular weight excluding hydrogens is 1020 g/mol. The van der Waals surface area contributed by atoms with Crippen LogP contribution in [0, 0.1) is 0 Å². The van der Waals surface area contributed by atoms with Crippen LogP contribution >= 0.6 is 69.5 Å². The molecule has 2 unspecified atom stereocenters. The van der Waals surface area contributed by atoms with Crippen LogP contribution in [0.4, 0.5) is 0 Å². The first kappa shape index (κ1) is 58.5. The molecule has 6 rings (SSSR count). The van der Waals surface area contributed by atoms with E-state index >= 15 is 0 Å². The molecule has 66 heavy (non-hydrogen) atoms. The summed E-state index contributed by atoms with van der Waals surface area (Å²) >= 11 is 25.2. The molecule has 2 atom stereocenters. The molecule has 0 aromatic heterocycles. The van der Waals surface area contributed by atoms with Gasteiger partial charge in [0.25, 0.3) is 9.05 Å². The number of halogens is 6. The molecule has 0 fully saturated rings. The average Bonchev–Trinajstić information content (AvgIpc) is 3.26. The van der Waals surface area contributed by atoms with E-state index in [1.165, 1.54) is 12.1 Å². The molecule has 2 aliphatic heterocycles. The standard InChI is InChI=1S/C23H30Cl2N2O4S.C16H14Cl3NO2S.C6H16N2O2.ClH/c1-27-15-21(20-13-18(24)14-23(25)22(20)16-27)17-3-5-19(6-4-17)32(28,29)12-2-8-30-10-11-31-9-7-26;1-20-8-14(10-2-4-12(5-3-10)23(19,21)22)13-6-11(17)7-16(18)15(13)9-20;7-1-3-9-5-6-10-4-2-8;/h3-6,13-14,21H,2,7-12,15-16,26H2,1H3;2-7,14H,8-9H2,1H3;1-8H2;1H. The van der Waals surface area contributed by atoms with E-state index in [9.17, 15) is 16.8 Å². The lowest BCUT2D eigenvalue weighted by molar-refractivity contribution is 0.0512. The molecule has 13 nitrogen and oxygen atoms in total. The molecular formula is C45H61Cl6N5O8S2. The number of likely N-dealkylation sites (N-methyl/N-ethyl adjacent to an activating group) is 2. The molecule has 0 bridgehead atoms. The average molecular weight is 1080 g/mol. The van der Waals surface area contributed by atoms with E-state index in [0.29, 0.717) is 104 Å². The predicted molar refractivity (Wildman–Crippen MR) is 270 cm³/mol. The number of sulfone groups is 1. The van der Waals surface area contributed by atoms with Crippen LogP contribution in [0.5, 0.6) is 0 Å². The van der Waals surface area contributed by atoms with Crippen molar-refractivity contribution in [1.82, 2.24) is 9.80 Å². The van der Waals surface area contributed by atoms with Gasteiger partial charge in [-0.3, -0.25) is 0 Å². The van der Waals surface area contributed by atoms with Crippen molar-refractivity contribution in [3.05, 3.63) is 126 Å². The number of hydrogen-bond donors (Lipinski definition) is 3. The Labute approximate surface area is 421 Å². The van der Waals surface area contributed by atoms with Gasteiger partial charge in [-0.2, -0.15) is 0 Å². The van der Waals surface area contributed by atoms with Crippen molar-refractivity contribution < 1.29 is 35.8 Å². The minimum Gasteiger partial charge on any atom is -0.379 e. The van der Waals surface area contributed by atoms with Crippen LogP contribution < -0.4 is 17.2 Å². The summed E-state index contributed by atoms with van der Waals surface area (Å²) in [4.78, 5) is 4.80. The maximum Gasteiger partial charge on any atom is 0.261 e. The van der Waals surface area contributed by atoms with Crippen LogP contribution in [0.15, 0.2) is 82.6 Å². The summed E-state index contributed by atoms with van der Waals surface area (Å²) in [5, 5.41) is 2.53. The lowest BCUT2D eigenvalue weighted by Crippen LogP contribution is -2.31. The fourth-order valence-electron chi connectivity index (χ4n) is 7.39. The van der Waals surface area contributed by atoms with Crippen LogP contribution in [0.3, 0.4) is 0 Å². The third kappa shape index (κ3) is 18.5. The third-order valence-corrected chi connectivity index (χ3v) is 14.7. The Morgan fingerprint density at radius 2 is 0.924 bits per heavy atom. The zero-order chi connectivity index (χ0) is 47.6. The van der Waals surface area contributed by atoms with Gasteiger partial charge in [0, 0.05) is 95.0 Å². The quantitative estimate of drug-likeness (QED) is 0.0581. The van der Waals surface area contributed by atoms with Crippen molar-refractivity contribution in [2.75, 3.05) is 105 Å². The van der Waals surface area contributed by atoms with Gasteiger partial charge < -0.3 is 45.9 Å². The Morgan fingerprint density at radius 3 is 1.29 bits per heavy atom. The summed E-state index contributed by atoms with van der Waals surface area (Å²) < 4.78 is 68.9. The van der Waals surface area contributed by atoms with Gasteiger partial charge in [0.2, 0.25) is 0 Å². The summed E-state index contributed by atoms with van der Waals surface area (Å²) in [7, 11) is 2.36. The van der Waals surface area contributed by atoms with Crippen molar-refractivity contribution in [3.63, 3.8) is 0 Å². The van der Waals surface area contributed by atoms with Gasteiger partial charge in [-0.05, 0) is 102 Å². The molecule has 21 heteroatoms. The van der Waals surface area contributed by atoms with Crippen LogP contribution in [-0.4, -0.2) is 132 Å². The maximum atomic E-state index is 12.7. The molecule has 6 N–H and O–H groups in total. The van der Waals surface area contributed by atoms with E-state index in [4.69, 9.17) is 93.2 Å². The molecule has 368 valence electrons. The lowest BCUT2D eigenvalue weighted by atomic mass is 9.85. The zero-order valence-electron chi connectivity index (χ0n) is 37.1. The van der Waals surface area contributed by atoms with Gasteiger partial charge in [0.1, 0.15) is 0 Å². The van der Waals surface area contributed by atoms with E-state index in [2.05, 4.69) is 9.80 Å². The van der Waals surface area contributed by atoms with Crippen molar-refractivity contribution in [3.8, 4) is 0 Å². The number of hydrogen-bond acceptors (Lipinski definition) is 13. The van der Waals surface area contributed by atoms with Gasteiger partial charge in [-0.1, -0.05) is 70.7 Å². The van der Waals surface area contributed by atoms with Gasteiger partial charge in [0.05, 0.1) is 61.8 Å². The largest absolute Gasteiger partial charge is 0.379 e. The Balaban J connectivity index is 0.000000296. The Kier molecular flexibility index (Phi) is 26.0. The number of benzene rings is 4. The van der Waals surface area contributed by atoms with Crippen LogP contribution in [-0.2, 0) is 50.9 Å². The molecule has 0 aliphatic carbocycles. The van der Waals surface area contributed by atoms with Crippen molar-refractivity contribution >= 4 is 88.4 Å². The molecule has 0 amide bonds. The number of nitrogens with two attached hydrogens (primary N) is 3. The summed E-state index contributed by atoms with van der Waals surface area (Å²) in [6.07, 6.45) is 0.429. The van der Waals surface area contributed by atoms with Gasteiger partial charge >= 0.3 is 0 Å². The summed E-state index contributed by atoms with van der Waals surface area (Å²) in [5.41, 5.74) is 22.1. The number of fused-ring (bicyclic) bond motifs is 2. The molecule has 0 saturated heterocycles. The molecule has 0 saturated carbocycles. The molecule has 2 aliphatic rings. The number of nitrogens with zero attached hydrogens (tertiary/aromatic N) is 2. The van der Waals surface area contributed by atoms with Crippen LogP contribution in [0.25, 0.3) is 0 Å². The van der Waals surface area contributed by atoms with E-state index in [1.54, 1.807) is 36.4 Å². The second-order valence-electron chi connectivity index (χ2n) is 15.5. The number of rotatable bonds is 20. The normalized spacial score (nSPS) is 16.2. The van der Waals surface area contributed by atoms with Crippen molar-refractivity contribution in [2.45, 2.75) is 41.1 Å². The highest BCUT2D eigenvalue weighted by molar-refractivity contribution is 8.13. The monoisotopic (exact) mass is 1070 g/mol. The SMILES string of the molecule is CN1Cc2c(Cl)cc(Cl)cc2C(c2ccc(S(=O)(=O)CCCOCCOCCN)cc2)C1.CN1Cc2c(Cl)cc(Cl)cc2C(c2ccc(S(=O)(=O)Cl)cc2)C1.Cl.NCCOCCOCCN. The van der Waals surface area contributed by atoms with Crippen LogP contribution in [0.2, 0.25) is 20.1 Å². The molecule has 2 heterocycles. The minimum atomic E-state index is -3.72. The first-order chi connectivity index (χ1) is 31.0. The minimum absolute atomic E-state index is 0. The van der Waals surface area contributed by atoms with Gasteiger partial charge in [-0.15, -0.1) is 12.4 Å². The van der Waals surface area contributed by atoms with Crippen molar-refractivity contribution in [2.24, 2.45) is 17.2 Å². The predicted octanol–water partition coefficient (Wildman–Crippen LogP) is 7.58. The van der Waals surface area contributed by atoms with Crippen LogP contribution in [0.1, 0.15) is 51.6 Å². The highest BCUT2D eigenvalue weighted by Crippen LogP contribution is 2.40. The summed E-state index contributed by atoms with van der Waals surface area (Å²) in [5.74, 6) is 0.189. The molecule has 4 aromatic rings. The molecule has 4 aromatic carbocycles. The lowest BCUT2D eigenvalue weighted by Gasteiger charge is -2.33. The van der Waals surface area contributed by atoms with Gasteiger partial charge in [-0.25, -0.2) is 16.8 Å². The highest BCUT2D eigenvalue weighted by atomic mass is 35.7. The number of ether oxygens (including phenoxy) is 4. The third-order valence-electron chi connectivity index (χ3n) is 10.4. The fourth-order valence-corrected chi connectivity index (χ4v) is 10.6. The maximum absolute atomic E-state index is 12.7. The van der Waals surface area contributed by atoms with E-state index in [0.717, 1.165) is 59.6 Å². The topological polar surface area (TPSA) is 190 Å². The first-order valence-electron chi connectivity index (χ1n) is 21.1. The second-order valence-corrected chi connectivity index (χ2v) is 21.8. The Hall–Kier alpha value is -1.84. The smallest absolute Gasteiger partial charge is 0.261 e. The van der Waals surface area contributed by atoms with E-state index < -0.39 is 18.9 Å². The first-order valence-corrected chi connectivity index (χ1v) is 26.6. The Morgan fingerprint density at radius 1 is 0.561 bits per heavy atom. The van der Waals surface area contributed by atoms with E-state index in [1.807, 2.05) is 38.4 Å². The second kappa shape index (κ2) is 29.4. The summed E-state index contributed by atoms with van der Waals surface area (Å²) in [6.45, 7) is 8.92. The highest BCUT2D eigenvalue weighted by Gasteiger charge is 2.29. The van der Waals surface area contributed by atoms with Crippen molar-refractivity contribution in [1.29, 1.82) is 0 Å². The summed E-state index contributed by atoms with van der Waals surface area (Å²) in [6, 6.07) is 21.2. The molecule has 0 spiro atoms. The molecule has 0 radical (unpaired) electrons. The fraction of sp³-hybridized carbons (Fsp3) is 0.467.